The van der Waals surface area contributed by atoms with Gasteiger partial charge in [-0.3, -0.25) is 0 Å². The minimum absolute atomic E-state index is 0.292. The molecule has 74 valence electrons. The van der Waals surface area contributed by atoms with Crippen LogP contribution in [0.4, 0.5) is 0 Å². The van der Waals surface area contributed by atoms with Crippen molar-refractivity contribution < 1.29 is 8.42 Å². The van der Waals surface area contributed by atoms with Crippen molar-refractivity contribution in [2.45, 2.75) is 19.9 Å². The fourth-order valence-electron chi connectivity index (χ4n) is 0.861. The quantitative estimate of drug-likeness (QED) is 0.651. The Labute approximate surface area is 77.6 Å². The molecule has 0 aliphatic carbocycles. The van der Waals surface area contributed by atoms with Crippen LogP contribution in [0.3, 0.4) is 0 Å². The molecule has 13 heavy (non-hydrogen) atoms. The molecule has 1 aliphatic heterocycles. The first-order chi connectivity index (χ1) is 5.92. The van der Waals surface area contributed by atoms with Crippen molar-refractivity contribution in [3.8, 4) is 0 Å². The van der Waals surface area contributed by atoms with E-state index in [1.54, 1.807) is 0 Å². The first-order valence-electron chi connectivity index (χ1n) is 3.95. The molecule has 0 aromatic carbocycles. The minimum atomic E-state index is -3.40. The Morgan fingerprint density at radius 1 is 1.62 bits per heavy atom. The van der Waals surface area contributed by atoms with E-state index in [1.807, 2.05) is 13.8 Å². The summed E-state index contributed by atoms with van der Waals surface area (Å²) in [6.07, 6.45) is 0. The summed E-state index contributed by atoms with van der Waals surface area (Å²) in [5, 5.41) is 3.83. The highest BCUT2D eigenvalue weighted by Gasteiger charge is 2.21. The maximum atomic E-state index is 11.1. The van der Waals surface area contributed by atoms with Crippen molar-refractivity contribution in [1.29, 1.82) is 0 Å². The van der Waals surface area contributed by atoms with Crippen molar-refractivity contribution in [3.05, 3.63) is 11.1 Å². The van der Waals surface area contributed by atoms with Crippen LogP contribution in [0.1, 0.15) is 13.8 Å². The van der Waals surface area contributed by atoms with Gasteiger partial charge in [-0.05, 0) is 0 Å². The van der Waals surface area contributed by atoms with E-state index in [1.165, 1.54) is 0 Å². The van der Waals surface area contributed by atoms with Gasteiger partial charge < -0.3 is 11.1 Å². The lowest BCUT2D eigenvalue weighted by Crippen LogP contribution is -2.24. The molecule has 0 atom stereocenters. The SMILES string of the molecule is CC(C)NCC1=CS(=O)(=O)C(N)=N1. The Hall–Kier alpha value is -0.880. The van der Waals surface area contributed by atoms with E-state index in [-0.39, 0.29) is 5.17 Å². The maximum Gasteiger partial charge on any atom is 0.234 e. The molecule has 0 radical (unpaired) electrons. The number of nitrogens with two attached hydrogens (primary N) is 1. The van der Waals surface area contributed by atoms with Crippen LogP contribution in [0.15, 0.2) is 16.1 Å². The second-order valence-electron chi connectivity index (χ2n) is 3.14. The van der Waals surface area contributed by atoms with Crippen LogP contribution < -0.4 is 11.1 Å². The largest absolute Gasteiger partial charge is 0.374 e. The first-order valence-corrected chi connectivity index (χ1v) is 5.49. The molecule has 1 aliphatic rings. The van der Waals surface area contributed by atoms with Gasteiger partial charge in [0, 0.05) is 12.6 Å². The molecule has 0 saturated carbocycles. The average molecular weight is 203 g/mol. The summed E-state index contributed by atoms with van der Waals surface area (Å²) >= 11 is 0. The van der Waals surface area contributed by atoms with Crippen LogP contribution in [0.2, 0.25) is 0 Å². The average Bonchev–Trinajstić information content (AvgIpc) is 2.22. The molecule has 0 aromatic heterocycles. The maximum absolute atomic E-state index is 11.1. The van der Waals surface area contributed by atoms with Gasteiger partial charge in [-0.25, -0.2) is 13.4 Å². The van der Waals surface area contributed by atoms with Crippen molar-refractivity contribution in [2.75, 3.05) is 6.54 Å². The second kappa shape index (κ2) is 3.47. The number of nitrogens with one attached hydrogen (secondary N) is 1. The zero-order valence-electron chi connectivity index (χ0n) is 7.61. The smallest absolute Gasteiger partial charge is 0.234 e. The number of hydrogen-bond acceptors (Lipinski definition) is 5. The van der Waals surface area contributed by atoms with Crippen molar-refractivity contribution in [3.63, 3.8) is 0 Å². The molecule has 6 heteroatoms. The predicted molar refractivity (Wildman–Crippen MR) is 51.8 cm³/mol. The summed E-state index contributed by atoms with van der Waals surface area (Å²) in [5.41, 5.74) is 5.66. The van der Waals surface area contributed by atoms with Gasteiger partial charge in [0.1, 0.15) is 0 Å². The Morgan fingerprint density at radius 3 is 2.62 bits per heavy atom. The van der Waals surface area contributed by atoms with Gasteiger partial charge in [-0.15, -0.1) is 0 Å². The van der Waals surface area contributed by atoms with Crippen LogP contribution in [0.25, 0.3) is 0 Å². The van der Waals surface area contributed by atoms with Crippen molar-refractivity contribution >= 4 is 15.0 Å². The molecule has 0 unspecified atom stereocenters. The molecule has 0 aromatic rings. The number of rotatable bonds is 3. The zero-order chi connectivity index (χ0) is 10.1. The first kappa shape index (κ1) is 10.2. The van der Waals surface area contributed by atoms with E-state index in [0.29, 0.717) is 18.3 Å². The van der Waals surface area contributed by atoms with E-state index in [0.717, 1.165) is 5.41 Å². The predicted octanol–water partition coefficient (Wildman–Crippen LogP) is -0.431. The molecular formula is C7H13N3O2S. The van der Waals surface area contributed by atoms with Crippen LogP contribution >= 0.6 is 0 Å². The fourth-order valence-corrected chi connectivity index (χ4v) is 1.72. The molecule has 0 saturated heterocycles. The highest BCUT2D eigenvalue weighted by Crippen LogP contribution is 2.10. The Morgan fingerprint density at radius 2 is 2.23 bits per heavy atom. The minimum Gasteiger partial charge on any atom is -0.374 e. The van der Waals surface area contributed by atoms with E-state index in [4.69, 9.17) is 5.73 Å². The summed E-state index contributed by atoms with van der Waals surface area (Å²) in [6, 6.07) is 0.292. The summed E-state index contributed by atoms with van der Waals surface area (Å²) in [6.45, 7) is 4.37. The second-order valence-corrected chi connectivity index (χ2v) is 4.88. The number of aliphatic imine (C=N–C) groups is 1. The van der Waals surface area contributed by atoms with Gasteiger partial charge in [-0.2, -0.15) is 0 Å². The zero-order valence-corrected chi connectivity index (χ0v) is 8.43. The van der Waals surface area contributed by atoms with Gasteiger partial charge in [0.25, 0.3) is 0 Å². The van der Waals surface area contributed by atoms with Gasteiger partial charge >= 0.3 is 0 Å². The Bertz CT molecular complexity index is 354. The van der Waals surface area contributed by atoms with Gasteiger partial charge in [0.15, 0.2) is 0 Å². The van der Waals surface area contributed by atoms with Crippen LogP contribution in [0.5, 0.6) is 0 Å². The summed E-state index contributed by atoms with van der Waals surface area (Å²) in [4.78, 5) is 3.72. The summed E-state index contributed by atoms with van der Waals surface area (Å²) in [7, 11) is -3.40. The molecule has 0 bridgehead atoms. The Balaban J connectivity index is 2.67. The third-order valence-electron chi connectivity index (χ3n) is 1.53. The highest BCUT2D eigenvalue weighted by molar-refractivity contribution is 8.09. The topological polar surface area (TPSA) is 84.5 Å². The summed E-state index contributed by atoms with van der Waals surface area (Å²) in [5.74, 6) is 0. The van der Waals surface area contributed by atoms with E-state index in [2.05, 4.69) is 10.3 Å². The standard InChI is InChI=1S/C7H13N3O2S/c1-5(2)9-3-6-4-13(11,12)7(8)10-6/h4-5,9H,3H2,1-2H3,(H2,8,10). The molecule has 0 amide bonds. The van der Waals surface area contributed by atoms with E-state index in [9.17, 15) is 8.42 Å². The highest BCUT2D eigenvalue weighted by atomic mass is 32.2. The van der Waals surface area contributed by atoms with Gasteiger partial charge in [0.05, 0.1) is 11.1 Å². The van der Waals surface area contributed by atoms with Crippen LogP contribution in [-0.4, -0.2) is 26.2 Å². The molecule has 5 nitrogen and oxygen atoms in total. The van der Waals surface area contributed by atoms with Gasteiger partial charge in [0.2, 0.25) is 15.0 Å². The van der Waals surface area contributed by atoms with Crippen LogP contribution in [-0.2, 0) is 9.84 Å². The normalized spacial score (nSPS) is 20.2. The molecule has 0 spiro atoms. The van der Waals surface area contributed by atoms with Crippen molar-refractivity contribution in [1.82, 2.24) is 5.32 Å². The third kappa shape index (κ3) is 2.53. The number of hydrogen-bond donors (Lipinski definition) is 2. The molecule has 1 rings (SSSR count). The lowest BCUT2D eigenvalue weighted by atomic mass is 10.4. The van der Waals surface area contributed by atoms with E-state index >= 15 is 0 Å². The van der Waals surface area contributed by atoms with Gasteiger partial charge in [-0.1, -0.05) is 13.8 Å². The number of sulfone groups is 1. The Kier molecular flexibility index (Phi) is 2.72. The summed E-state index contributed by atoms with van der Waals surface area (Å²) < 4.78 is 22.1. The van der Waals surface area contributed by atoms with Crippen molar-refractivity contribution in [2.24, 2.45) is 10.7 Å². The monoisotopic (exact) mass is 203 g/mol. The van der Waals surface area contributed by atoms with Crippen LogP contribution in [0, 0.1) is 0 Å². The lowest BCUT2D eigenvalue weighted by Gasteiger charge is -2.05. The number of amidine groups is 1. The lowest BCUT2D eigenvalue weighted by molar-refractivity contribution is 0.613. The molecule has 1 heterocycles. The third-order valence-corrected chi connectivity index (χ3v) is 2.78. The molecular weight excluding hydrogens is 190 g/mol. The fraction of sp³-hybridized carbons (Fsp3) is 0.571. The number of nitrogens with zero attached hydrogens (tertiary/aromatic N) is 1. The molecule has 0 fully saturated rings. The van der Waals surface area contributed by atoms with E-state index < -0.39 is 9.84 Å². The molecule has 3 N–H and O–H groups in total.